The molecule has 4 unspecified atom stereocenters. The zero-order valence-corrected chi connectivity index (χ0v) is 17.1. The molecule has 1 N–H and O–H groups in total. The van der Waals surface area contributed by atoms with Crippen molar-refractivity contribution in [3.8, 4) is 0 Å². The van der Waals surface area contributed by atoms with E-state index < -0.39 is 34.9 Å². The van der Waals surface area contributed by atoms with E-state index in [0.29, 0.717) is 23.7 Å². The molecule has 0 saturated heterocycles. The first kappa shape index (κ1) is 21.4. The predicted molar refractivity (Wildman–Crippen MR) is 99.6 cm³/mol. The molecule has 0 aliphatic heterocycles. The Balaban J connectivity index is 0.000000174. The summed E-state index contributed by atoms with van der Waals surface area (Å²) < 4.78 is 69.1. The summed E-state index contributed by atoms with van der Waals surface area (Å²) in [5, 5.41) is 9.99. The number of fused-ring (bicyclic) bond motifs is 2. The molecule has 172 valence electrons. The number of hydrogen-bond donors (Lipinski definition) is 1. The molecule has 4 atom stereocenters. The molecule has 8 heteroatoms. The Kier molecular flexibility index (Phi) is 4.51. The first-order valence-electron chi connectivity index (χ1n) is 11.1. The van der Waals surface area contributed by atoms with Crippen LogP contribution in [0.4, 0.5) is 26.3 Å². The van der Waals surface area contributed by atoms with Crippen molar-refractivity contribution in [2.75, 3.05) is 0 Å². The number of hydrogen-bond acceptors (Lipinski definition) is 1. The molecule has 31 heavy (non-hydrogen) atoms. The molecule has 7 aliphatic carbocycles. The zero-order valence-electron chi connectivity index (χ0n) is 17.1. The second-order valence-corrected chi connectivity index (χ2v) is 10.8. The molecule has 0 radical (unpaired) electrons. The highest BCUT2D eigenvalue weighted by atomic mass is 19.3. The second-order valence-electron chi connectivity index (χ2n) is 10.8. The molecule has 0 amide bonds. The molecule has 2 nitrogen and oxygen atoms in total. The number of carbonyl (C=O) groups is 1. The standard InChI is InChI=1S/C19H26O2.C4F6/c1-19(18(20)21)15-3-2-12(9-15)17(19)16-13-5-10-4-11(7-13)8-14(16)6-10;5-1-2(6)4(9,10)3(1,7)8/h2-3,10-17H,4-9H2,1H3,(H,20,21);. The summed E-state index contributed by atoms with van der Waals surface area (Å²) in [5.74, 6) is -10.1. The Morgan fingerprint density at radius 3 is 1.77 bits per heavy atom. The smallest absolute Gasteiger partial charge is 0.370 e. The fourth-order valence-electron chi connectivity index (χ4n) is 8.16. The van der Waals surface area contributed by atoms with Gasteiger partial charge in [0.1, 0.15) is 0 Å². The SMILES string of the molecule is CC1(C(=O)O)C2C=CC(C2)C1C1C2CC3CC(C2)CC1C3.FC1=C(F)C(F)(F)C1(F)F. The fraction of sp³-hybridized carbons (Fsp3) is 0.783. The van der Waals surface area contributed by atoms with Crippen molar-refractivity contribution in [3.05, 3.63) is 23.8 Å². The van der Waals surface area contributed by atoms with Gasteiger partial charge in [0.05, 0.1) is 5.41 Å². The van der Waals surface area contributed by atoms with Crippen LogP contribution < -0.4 is 0 Å². The van der Waals surface area contributed by atoms with E-state index in [0.717, 1.165) is 30.1 Å². The zero-order chi connectivity index (χ0) is 22.5. The number of allylic oxidation sites excluding steroid dienone is 4. The van der Waals surface area contributed by atoms with Gasteiger partial charge in [-0.3, -0.25) is 4.79 Å². The van der Waals surface area contributed by atoms with E-state index in [4.69, 9.17) is 0 Å². The summed E-state index contributed by atoms with van der Waals surface area (Å²) >= 11 is 0. The average Bonchev–Trinajstić information content (AvgIpc) is 3.28. The van der Waals surface area contributed by atoms with E-state index in [1.807, 2.05) is 0 Å². The Morgan fingerprint density at radius 2 is 1.35 bits per heavy atom. The number of rotatable bonds is 2. The maximum atomic E-state index is 12.1. The van der Waals surface area contributed by atoms with Gasteiger partial charge in [0.15, 0.2) is 0 Å². The van der Waals surface area contributed by atoms with Crippen molar-refractivity contribution < 1.29 is 36.2 Å². The second kappa shape index (κ2) is 6.53. The molecule has 7 aliphatic rings. The van der Waals surface area contributed by atoms with Crippen LogP contribution in [0.2, 0.25) is 0 Å². The van der Waals surface area contributed by atoms with Gasteiger partial charge < -0.3 is 5.11 Å². The van der Waals surface area contributed by atoms with E-state index in [2.05, 4.69) is 19.1 Å². The maximum absolute atomic E-state index is 12.1. The van der Waals surface area contributed by atoms with Gasteiger partial charge in [-0.15, -0.1) is 0 Å². The predicted octanol–water partition coefficient (Wildman–Crippen LogP) is 6.39. The average molecular weight is 448 g/mol. The molecule has 0 aromatic carbocycles. The number of carboxylic acid groups (broad SMARTS) is 1. The van der Waals surface area contributed by atoms with E-state index in [1.165, 1.54) is 32.1 Å². The van der Waals surface area contributed by atoms with Crippen molar-refractivity contribution in [3.63, 3.8) is 0 Å². The molecule has 5 fully saturated rings. The summed E-state index contributed by atoms with van der Waals surface area (Å²) in [6.45, 7) is 2.07. The van der Waals surface area contributed by atoms with Crippen LogP contribution in [-0.2, 0) is 4.79 Å². The maximum Gasteiger partial charge on any atom is 0.370 e. The third-order valence-electron chi connectivity index (χ3n) is 9.35. The molecular weight excluding hydrogens is 422 g/mol. The summed E-state index contributed by atoms with van der Waals surface area (Å²) in [6.07, 6.45) is 12.8. The Morgan fingerprint density at radius 1 is 0.871 bits per heavy atom. The molecule has 5 saturated carbocycles. The van der Waals surface area contributed by atoms with Crippen LogP contribution in [0, 0.1) is 52.8 Å². The van der Waals surface area contributed by atoms with Crippen LogP contribution in [0.15, 0.2) is 23.8 Å². The summed E-state index contributed by atoms with van der Waals surface area (Å²) in [6, 6.07) is 0. The highest BCUT2D eigenvalue weighted by Crippen LogP contribution is 2.67. The molecular formula is C23H26F6O2. The number of alkyl halides is 4. The molecule has 0 aromatic rings. The minimum absolute atomic E-state index is 0.294. The summed E-state index contributed by atoms with van der Waals surface area (Å²) in [7, 11) is 0. The van der Waals surface area contributed by atoms with E-state index in [1.54, 1.807) is 0 Å². The summed E-state index contributed by atoms with van der Waals surface area (Å²) in [4.78, 5) is 12.1. The molecule has 0 aromatic heterocycles. The van der Waals surface area contributed by atoms with Crippen molar-refractivity contribution in [1.29, 1.82) is 0 Å². The van der Waals surface area contributed by atoms with Crippen LogP contribution >= 0.6 is 0 Å². The highest BCUT2D eigenvalue weighted by molar-refractivity contribution is 5.76. The van der Waals surface area contributed by atoms with Crippen LogP contribution in [0.5, 0.6) is 0 Å². The molecule has 0 heterocycles. The Hall–Kier alpha value is -1.47. The van der Waals surface area contributed by atoms with E-state index >= 15 is 0 Å². The highest BCUT2D eigenvalue weighted by Gasteiger charge is 2.74. The van der Waals surface area contributed by atoms with Gasteiger partial charge in [0.25, 0.3) is 0 Å². The third-order valence-corrected chi connectivity index (χ3v) is 9.35. The van der Waals surface area contributed by atoms with Crippen molar-refractivity contribution in [2.45, 2.75) is 57.3 Å². The number of aliphatic carboxylic acids is 1. The van der Waals surface area contributed by atoms with Gasteiger partial charge in [0.2, 0.25) is 11.7 Å². The van der Waals surface area contributed by atoms with Crippen LogP contribution in [0.1, 0.15) is 45.4 Å². The lowest BCUT2D eigenvalue weighted by Gasteiger charge is -2.58. The molecule has 6 bridgehead atoms. The van der Waals surface area contributed by atoms with Crippen LogP contribution in [0.3, 0.4) is 0 Å². The van der Waals surface area contributed by atoms with Crippen molar-refractivity contribution in [2.24, 2.45) is 52.8 Å². The van der Waals surface area contributed by atoms with E-state index in [9.17, 15) is 36.2 Å². The summed E-state index contributed by atoms with van der Waals surface area (Å²) in [5.41, 5.74) is -0.487. The van der Waals surface area contributed by atoms with Gasteiger partial charge in [-0.1, -0.05) is 12.2 Å². The van der Waals surface area contributed by atoms with Crippen LogP contribution in [-0.4, -0.2) is 22.9 Å². The fourth-order valence-corrected chi connectivity index (χ4v) is 8.16. The quantitative estimate of drug-likeness (QED) is 0.393. The van der Waals surface area contributed by atoms with Gasteiger partial charge in [-0.05, 0) is 92.8 Å². The van der Waals surface area contributed by atoms with Crippen LogP contribution in [0.25, 0.3) is 0 Å². The molecule has 7 rings (SSSR count). The molecule has 0 spiro atoms. The van der Waals surface area contributed by atoms with Gasteiger partial charge in [-0.25, -0.2) is 8.78 Å². The van der Waals surface area contributed by atoms with E-state index in [-0.39, 0.29) is 0 Å². The number of halogens is 6. The van der Waals surface area contributed by atoms with Crippen molar-refractivity contribution in [1.82, 2.24) is 0 Å². The monoisotopic (exact) mass is 448 g/mol. The normalized spacial score (nSPS) is 49.6. The lowest BCUT2D eigenvalue weighted by Crippen LogP contribution is -2.53. The Labute approximate surface area is 176 Å². The van der Waals surface area contributed by atoms with Gasteiger partial charge in [-0.2, -0.15) is 17.6 Å². The van der Waals surface area contributed by atoms with Gasteiger partial charge in [0, 0.05) is 0 Å². The minimum atomic E-state index is -4.95. The minimum Gasteiger partial charge on any atom is -0.481 e. The van der Waals surface area contributed by atoms with Gasteiger partial charge >= 0.3 is 17.8 Å². The lowest BCUT2D eigenvalue weighted by atomic mass is 9.46. The van der Waals surface area contributed by atoms with Crippen molar-refractivity contribution >= 4 is 5.97 Å². The topological polar surface area (TPSA) is 37.3 Å². The lowest BCUT2D eigenvalue weighted by molar-refractivity contribution is -0.217. The third kappa shape index (κ3) is 2.68. The Bertz CT molecular complexity index is 814. The first-order valence-corrected chi connectivity index (χ1v) is 11.1. The largest absolute Gasteiger partial charge is 0.481 e. The first-order chi connectivity index (χ1) is 14.4. The number of carboxylic acids is 1.